The normalized spacial score (nSPS) is 40.2. The van der Waals surface area contributed by atoms with Crippen molar-refractivity contribution in [1.82, 2.24) is 0 Å². The van der Waals surface area contributed by atoms with Gasteiger partial charge in [0.25, 0.3) is 0 Å². The Balaban J connectivity index is 2.71. The minimum absolute atomic E-state index is 0.196. The van der Waals surface area contributed by atoms with E-state index in [9.17, 15) is 9.90 Å². The van der Waals surface area contributed by atoms with E-state index in [1.165, 1.54) is 7.11 Å². The molecule has 0 amide bonds. The first-order valence-electron chi connectivity index (χ1n) is 3.81. The molecule has 0 aliphatic carbocycles. The Hall–Kier alpha value is -0.690. The Morgan fingerprint density at radius 1 is 1.54 bits per heavy atom. The highest BCUT2D eigenvalue weighted by molar-refractivity contribution is 5.73. The van der Waals surface area contributed by atoms with Crippen LogP contribution in [-0.2, 0) is 14.3 Å². The van der Waals surface area contributed by atoms with E-state index in [1.807, 2.05) is 0 Å². The first-order chi connectivity index (χ1) is 6.07. The van der Waals surface area contributed by atoms with Crippen molar-refractivity contribution in [2.24, 2.45) is 0 Å². The predicted octanol–water partition coefficient (Wildman–Crippen LogP) is -1.79. The number of ether oxygens (including phenoxy) is 2. The SMILES string of the molecule is CO[C@H]1C(C(=O)O)OC[C@@H](O)C1O. The van der Waals surface area contributed by atoms with Crippen molar-refractivity contribution < 1.29 is 29.6 Å². The van der Waals surface area contributed by atoms with Crippen LogP contribution in [0, 0.1) is 0 Å². The molecule has 1 fully saturated rings. The minimum Gasteiger partial charge on any atom is -0.479 e. The van der Waals surface area contributed by atoms with Crippen molar-refractivity contribution in [3.05, 3.63) is 0 Å². The molecule has 3 N–H and O–H groups in total. The number of carbonyl (C=O) groups is 1. The van der Waals surface area contributed by atoms with Gasteiger partial charge < -0.3 is 24.8 Å². The van der Waals surface area contributed by atoms with Gasteiger partial charge in [0.2, 0.25) is 0 Å². The zero-order valence-electron chi connectivity index (χ0n) is 7.08. The number of aliphatic carboxylic acids is 1. The van der Waals surface area contributed by atoms with E-state index in [-0.39, 0.29) is 6.61 Å². The molecule has 13 heavy (non-hydrogen) atoms. The first-order valence-corrected chi connectivity index (χ1v) is 3.81. The second-order valence-electron chi connectivity index (χ2n) is 2.85. The van der Waals surface area contributed by atoms with Gasteiger partial charge in [-0.1, -0.05) is 0 Å². The maximum Gasteiger partial charge on any atom is 0.335 e. The Labute approximate surface area is 74.7 Å². The molecular weight excluding hydrogens is 180 g/mol. The van der Waals surface area contributed by atoms with Crippen LogP contribution >= 0.6 is 0 Å². The summed E-state index contributed by atoms with van der Waals surface area (Å²) < 4.78 is 9.52. The van der Waals surface area contributed by atoms with E-state index >= 15 is 0 Å². The Kier molecular flexibility index (Phi) is 3.21. The fourth-order valence-corrected chi connectivity index (χ4v) is 1.27. The average Bonchev–Trinajstić information content (AvgIpc) is 2.09. The molecule has 0 aromatic carbocycles. The largest absolute Gasteiger partial charge is 0.479 e. The molecule has 0 radical (unpaired) electrons. The molecule has 4 atom stereocenters. The Morgan fingerprint density at radius 3 is 2.62 bits per heavy atom. The average molecular weight is 192 g/mol. The van der Waals surface area contributed by atoms with Crippen molar-refractivity contribution in [2.45, 2.75) is 24.4 Å². The molecule has 6 heteroatoms. The van der Waals surface area contributed by atoms with Gasteiger partial charge in [-0.2, -0.15) is 0 Å². The van der Waals surface area contributed by atoms with E-state index in [0.717, 1.165) is 0 Å². The fraction of sp³-hybridized carbons (Fsp3) is 0.857. The van der Waals surface area contributed by atoms with Crippen LogP contribution in [0.5, 0.6) is 0 Å². The van der Waals surface area contributed by atoms with Gasteiger partial charge in [-0.15, -0.1) is 0 Å². The van der Waals surface area contributed by atoms with Crippen molar-refractivity contribution in [1.29, 1.82) is 0 Å². The van der Waals surface area contributed by atoms with Gasteiger partial charge in [0.15, 0.2) is 6.10 Å². The summed E-state index contributed by atoms with van der Waals surface area (Å²) in [5, 5.41) is 27.1. The third-order valence-electron chi connectivity index (χ3n) is 1.99. The van der Waals surface area contributed by atoms with E-state index in [2.05, 4.69) is 0 Å². The van der Waals surface area contributed by atoms with Gasteiger partial charge in [-0.05, 0) is 0 Å². The molecule has 2 unspecified atom stereocenters. The van der Waals surface area contributed by atoms with Gasteiger partial charge in [0, 0.05) is 7.11 Å². The van der Waals surface area contributed by atoms with E-state index in [4.69, 9.17) is 19.7 Å². The molecule has 1 saturated heterocycles. The molecule has 0 aromatic heterocycles. The van der Waals surface area contributed by atoms with Crippen LogP contribution in [0.25, 0.3) is 0 Å². The lowest BCUT2D eigenvalue weighted by molar-refractivity contribution is -0.208. The molecule has 0 aromatic rings. The molecule has 1 heterocycles. The third kappa shape index (κ3) is 1.97. The standard InChI is InChI=1S/C7H12O6/c1-12-5-4(9)3(8)2-13-6(5)7(10)11/h3-6,8-9H,2H2,1H3,(H,10,11)/t3-,4?,5-,6?/m1/s1. The van der Waals surface area contributed by atoms with Gasteiger partial charge in [0.05, 0.1) is 6.61 Å². The number of methoxy groups -OCH3 is 1. The maximum atomic E-state index is 10.6. The molecule has 6 nitrogen and oxygen atoms in total. The molecule has 76 valence electrons. The van der Waals surface area contributed by atoms with Gasteiger partial charge in [-0.3, -0.25) is 0 Å². The zero-order valence-corrected chi connectivity index (χ0v) is 7.08. The molecule has 1 aliphatic rings. The summed E-state index contributed by atoms with van der Waals surface area (Å²) in [7, 11) is 1.26. The summed E-state index contributed by atoms with van der Waals surface area (Å²) in [5.74, 6) is -1.21. The van der Waals surface area contributed by atoms with Crippen molar-refractivity contribution >= 4 is 5.97 Å². The summed E-state index contributed by atoms with van der Waals surface area (Å²) in [6, 6.07) is 0. The predicted molar refractivity (Wildman–Crippen MR) is 40.2 cm³/mol. The molecule has 0 bridgehead atoms. The minimum atomic E-state index is -1.22. The summed E-state index contributed by atoms with van der Waals surface area (Å²) in [6.07, 6.45) is -4.56. The lowest BCUT2D eigenvalue weighted by Crippen LogP contribution is -2.56. The van der Waals surface area contributed by atoms with Crippen LogP contribution < -0.4 is 0 Å². The van der Waals surface area contributed by atoms with Crippen molar-refractivity contribution in [2.75, 3.05) is 13.7 Å². The highest BCUT2D eigenvalue weighted by Crippen LogP contribution is 2.18. The van der Waals surface area contributed by atoms with E-state index in [0.29, 0.717) is 0 Å². The number of carboxylic acids is 1. The fourth-order valence-electron chi connectivity index (χ4n) is 1.27. The summed E-state index contributed by atoms with van der Waals surface area (Å²) in [4.78, 5) is 10.6. The molecule has 1 rings (SSSR count). The molecule has 0 saturated carbocycles. The van der Waals surface area contributed by atoms with Crippen LogP contribution in [0.4, 0.5) is 0 Å². The smallest absolute Gasteiger partial charge is 0.335 e. The van der Waals surface area contributed by atoms with Crippen molar-refractivity contribution in [3.63, 3.8) is 0 Å². The monoisotopic (exact) mass is 192 g/mol. The first kappa shape index (κ1) is 10.4. The van der Waals surface area contributed by atoms with E-state index < -0.39 is 30.4 Å². The van der Waals surface area contributed by atoms with E-state index in [1.54, 1.807) is 0 Å². The van der Waals surface area contributed by atoms with Gasteiger partial charge in [0.1, 0.15) is 18.3 Å². The lowest BCUT2D eigenvalue weighted by Gasteiger charge is -2.35. The lowest BCUT2D eigenvalue weighted by atomic mass is 10.00. The third-order valence-corrected chi connectivity index (χ3v) is 1.99. The number of aliphatic hydroxyl groups is 2. The van der Waals surface area contributed by atoms with Crippen LogP contribution in [0.1, 0.15) is 0 Å². The molecule has 0 spiro atoms. The highest BCUT2D eigenvalue weighted by atomic mass is 16.6. The Bertz CT molecular complexity index is 193. The molecular formula is C7H12O6. The van der Waals surface area contributed by atoms with Crippen LogP contribution in [0.3, 0.4) is 0 Å². The summed E-state index contributed by atoms with van der Waals surface area (Å²) >= 11 is 0. The number of hydrogen-bond donors (Lipinski definition) is 3. The zero-order chi connectivity index (χ0) is 10.0. The summed E-state index contributed by atoms with van der Waals surface area (Å²) in [6.45, 7) is -0.196. The van der Waals surface area contributed by atoms with Crippen LogP contribution in [0.2, 0.25) is 0 Å². The number of aliphatic hydroxyl groups excluding tert-OH is 2. The van der Waals surface area contributed by atoms with Gasteiger partial charge >= 0.3 is 5.97 Å². The Morgan fingerprint density at radius 2 is 2.15 bits per heavy atom. The second-order valence-corrected chi connectivity index (χ2v) is 2.85. The topological polar surface area (TPSA) is 96.2 Å². The second kappa shape index (κ2) is 4.01. The van der Waals surface area contributed by atoms with Crippen molar-refractivity contribution in [3.8, 4) is 0 Å². The quantitative estimate of drug-likeness (QED) is 0.478. The number of hydrogen-bond acceptors (Lipinski definition) is 5. The number of rotatable bonds is 2. The highest BCUT2D eigenvalue weighted by Gasteiger charge is 2.42. The van der Waals surface area contributed by atoms with Crippen LogP contribution in [0.15, 0.2) is 0 Å². The molecule has 1 aliphatic heterocycles. The number of carboxylic acid groups (broad SMARTS) is 1. The maximum absolute atomic E-state index is 10.6. The van der Waals surface area contributed by atoms with Crippen LogP contribution in [-0.4, -0.2) is 59.4 Å². The summed E-state index contributed by atoms with van der Waals surface area (Å²) in [5.41, 5.74) is 0. The van der Waals surface area contributed by atoms with Gasteiger partial charge in [-0.25, -0.2) is 4.79 Å².